The lowest BCUT2D eigenvalue weighted by Crippen LogP contribution is -2.42. The second-order valence-electron chi connectivity index (χ2n) is 7.77. The fourth-order valence-electron chi connectivity index (χ4n) is 3.53. The summed E-state index contributed by atoms with van der Waals surface area (Å²) < 4.78 is 11.0. The van der Waals surface area contributed by atoms with Crippen LogP contribution in [0.1, 0.15) is 28.8 Å². The molecule has 32 heavy (non-hydrogen) atoms. The van der Waals surface area contributed by atoms with Gasteiger partial charge in [-0.2, -0.15) is 0 Å². The second kappa shape index (κ2) is 9.69. The number of nitrogens with one attached hydrogen (secondary N) is 3. The zero-order chi connectivity index (χ0) is 22.5. The van der Waals surface area contributed by atoms with E-state index in [1.807, 2.05) is 17.0 Å². The number of amides is 4. The Kier molecular flexibility index (Phi) is 6.55. The minimum atomic E-state index is -0.600. The number of imide groups is 1. The molecule has 9 nitrogen and oxygen atoms in total. The summed E-state index contributed by atoms with van der Waals surface area (Å²) in [7, 11) is 1.59. The molecule has 4 amide bonds. The van der Waals surface area contributed by atoms with Gasteiger partial charge in [0.1, 0.15) is 13.2 Å². The third-order valence-corrected chi connectivity index (χ3v) is 5.29. The van der Waals surface area contributed by atoms with Crippen LogP contribution in [0.25, 0.3) is 0 Å². The average Bonchev–Trinajstić information content (AvgIpc) is 3.64. The van der Waals surface area contributed by atoms with Crippen molar-refractivity contribution in [1.82, 2.24) is 15.5 Å². The van der Waals surface area contributed by atoms with Crippen LogP contribution in [0, 0.1) is 0 Å². The molecule has 4 rings (SSSR count). The fraction of sp³-hybridized carbons (Fsp3) is 0.348. The van der Waals surface area contributed by atoms with E-state index in [-0.39, 0.29) is 18.4 Å². The Morgan fingerprint density at radius 3 is 2.41 bits per heavy atom. The number of hydrogen-bond donors (Lipinski definition) is 3. The maximum absolute atomic E-state index is 12.5. The molecule has 1 fully saturated rings. The highest BCUT2D eigenvalue weighted by molar-refractivity contribution is 6.02. The van der Waals surface area contributed by atoms with Crippen LogP contribution in [0.5, 0.6) is 11.5 Å². The van der Waals surface area contributed by atoms with Crippen molar-refractivity contribution in [2.45, 2.75) is 25.4 Å². The summed E-state index contributed by atoms with van der Waals surface area (Å²) in [5, 5.41) is 7.63. The van der Waals surface area contributed by atoms with Gasteiger partial charge in [-0.1, -0.05) is 12.1 Å². The van der Waals surface area contributed by atoms with Crippen molar-refractivity contribution in [2.75, 3.05) is 32.1 Å². The van der Waals surface area contributed by atoms with Crippen molar-refractivity contribution in [3.63, 3.8) is 0 Å². The van der Waals surface area contributed by atoms with E-state index in [1.165, 1.54) is 0 Å². The van der Waals surface area contributed by atoms with Gasteiger partial charge in [-0.25, -0.2) is 4.79 Å². The SMILES string of the molecule is CNC(=O)c1ccc(CN(CC(=O)NC(=O)Nc2ccc3c(c2)OCCO3)C2CC2)cc1. The maximum atomic E-state index is 12.5. The molecule has 0 aromatic heterocycles. The molecule has 0 unspecified atom stereocenters. The zero-order valence-corrected chi connectivity index (χ0v) is 17.8. The van der Waals surface area contributed by atoms with Crippen LogP contribution in [0.4, 0.5) is 10.5 Å². The monoisotopic (exact) mass is 438 g/mol. The first kappa shape index (κ1) is 21.6. The van der Waals surface area contributed by atoms with Crippen molar-refractivity contribution < 1.29 is 23.9 Å². The first-order chi connectivity index (χ1) is 15.5. The zero-order valence-electron chi connectivity index (χ0n) is 17.8. The van der Waals surface area contributed by atoms with Crippen LogP contribution >= 0.6 is 0 Å². The number of benzene rings is 2. The van der Waals surface area contributed by atoms with Crippen LogP contribution in [0.15, 0.2) is 42.5 Å². The predicted octanol–water partition coefficient (Wildman–Crippen LogP) is 2.13. The summed E-state index contributed by atoms with van der Waals surface area (Å²) in [6, 6.07) is 12.1. The number of urea groups is 1. The van der Waals surface area contributed by atoms with Gasteiger partial charge in [0.2, 0.25) is 5.91 Å². The lowest BCUT2D eigenvalue weighted by atomic mass is 10.1. The van der Waals surface area contributed by atoms with Crippen LogP contribution < -0.4 is 25.4 Å². The van der Waals surface area contributed by atoms with Crippen molar-refractivity contribution in [3.05, 3.63) is 53.6 Å². The van der Waals surface area contributed by atoms with Crippen molar-refractivity contribution >= 4 is 23.5 Å². The second-order valence-corrected chi connectivity index (χ2v) is 7.77. The topological polar surface area (TPSA) is 109 Å². The Hall–Kier alpha value is -3.59. The largest absolute Gasteiger partial charge is 0.486 e. The molecule has 0 saturated heterocycles. The normalized spacial score (nSPS) is 14.6. The fourth-order valence-corrected chi connectivity index (χ4v) is 3.53. The van der Waals surface area contributed by atoms with Gasteiger partial charge in [0.25, 0.3) is 5.91 Å². The number of carbonyl (C=O) groups excluding carboxylic acids is 3. The van der Waals surface area contributed by atoms with E-state index >= 15 is 0 Å². The number of ether oxygens (including phenoxy) is 2. The standard InChI is InChI=1S/C23H26N4O5/c1-24-22(29)16-4-2-15(3-5-16)13-27(18-7-8-18)14-21(28)26-23(30)25-17-6-9-19-20(12-17)32-11-10-31-19/h2-6,9,12,18H,7-8,10-11,13-14H2,1H3,(H,24,29)(H2,25,26,28,30). The molecule has 0 bridgehead atoms. The molecule has 3 N–H and O–H groups in total. The molecular weight excluding hydrogens is 412 g/mol. The Morgan fingerprint density at radius 2 is 1.72 bits per heavy atom. The number of anilines is 1. The summed E-state index contributed by atoms with van der Waals surface area (Å²) in [6.07, 6.45) is 2.04. The third-order valence-electron chi connectivity index (χ3n) is 5.29. The van der Waals surface area contributed by atoms with Crippen LogP contribution in [-0.4, -0.2) is 55.6 Å². The summed E-state index contributed by atoms with van der Waals surface area (Å²) >= 11 is 0. The number of rotatable bonds is 7. The van der Waals surface area contributed by atoms with E-state index in [2.05, 4.69) is 16.0 Å². The highest BCUT2D eigenvalue weighted by Crippen LogP contribution is 2.32. The molecule has 1 heterocycles. The van der Waals surface area contributed by atoms with Gasteiger partial charge in [-0.05, 0) is 42.7 Å². The summed E-state index contributed by atoms with van der Waals surface area (Å²) in [6.45, 7) is 1.61. The Bertz CT molecular complexity index is 1000. The van der Waals surface area contributed by atoms with E-state index in [9.17, 15) is 14.4 Å². The minimum absolute atomic E-state index is 0.108. The van der Waals surface area contributed by atoms with Gasteiger partial charge in [-0.15, -0.1) is 0 Å². The lowest BCUT2D eigenvalue weighted by Gasteiger charge is -2.21. The Balaban J connectivity index is 1.30. The molecule has 2 aromatic carbocycles. The minimum Gasteiger partial charge on any atom is -0.486 e. The third kappa shape index (κ3) is 5.55. The predicted molar refractivity (Wildman–Crippen MR) is 118 cm³/mol. The first-order valence-corrected chi connectivity index (χ1v) is 10.6. The summed E-state index contributed by atoms with van der Waals surface area (Å²) in [4.78, 5) is 38.5. The molecule has 1 saturated carbocycles. The molecule has 1 aliphatic carbocycles. The molecule has 1 aliphatic heterocycles. The summed E-state index contributed by atoms with van der Waals surface area (Å²) in [5.74, 6) is 0.664. The lowest BCUT2D eigenvalue weighted by molar-refractivity contribution is -0.121. The molecule has 2 aromatic rings. The van der Waals surface area contributed by atoms with E-state index in [0.29, 0.717) is 48.6 Å². The van der Waals surface area contributed by atoms with Gasteiger partial charge in [-0.3, -0.25) is 19.8 Å². The van der Waals surface area contributed by atoms with Gasteiger partial charge < -0.3 is 20.1 Å². The highest BCUT2D eigenvalue weighted by Gasteiger charge is 2.30. The first-order valence-electron chi connectivity index (χ1n) is 10.6. The van der Waals surface area contributed by atoms with E-state index in [4.69, 9.17) is 9.47 Å². The van der Waals surface area contributed by atoms with E-state index in [0.717, 1.165) is 18.4 Å². The van der Waals surface area contributed by atoms with Crippen LogP contribution in [-0.2, 0) is 11.3 Å². The van der Waals surface area contributed by atoms with E-state index in [1.54, 1.807) is 37.4 Å². The Morgan fingerprint density at radius 1 is 1.00 bits per heavy atom. The maximum Gasteiger partial charge on any atom is 0.325 e. The number of hydrogen-bond acceptors (Lipinski definition) is 6. The number of fused-ring (bicyclic) bond motifs is 1. The van der Waals surface area contributed by atoms with Crippen LogP contribution in [0.3, 0.4) is 0 Å². The van der Waals surface area contributed by atoms with Gasteiger partial charge in [0.15, 0.2) is 11.5 Å². The molecule has 9 heteroatoms. The number of carbonyl (C=O) groups is 3. The van der Waals surface area contributed by atoms with Crippen molar-refractivity contribution in [1.29, 1.82) is 0 Å². The highest BCUT2D eigenvalue weighted by atomic mass is 16.6. The number of nitrogens with zero attached hydrogens (tertiary/aromatic N) is 1. The van der Waals surface area contributed by atoms with Crippen LogP contribution in [0.2, 0.25) is 0 Å². The van der Waals surface area contributed by atoms with Gasteiger partial charge >= 0.3 is 6.03 Å². The van der Waals surface area contributed by atoms with E-state index < -0.39 is 6.03 Å². The smallest absolute Gasteiger partial charge is 0.325 e. The molecule has 2 aliphatic rings. The molecule has 168 valence electrons. The van der Waals surface area contributed by atoms with Gasteiger partial charge in [0, 0.05) is 37.0 Å². The van der Waals surface area contributed by atoms with Crippen molar-refractivity contribution in [3.8, 4) is 11.5 Å². The summed E-state index contributed by atoms with van der Waals surface area (Å²) in [5.41, 5.74) is 2.09. The Labute approximate surface area is 186 Å². The quantitative estimate of drug-likeness (QED) is 0.611. The molecule has 0 atom stereocenters. The molecule has 0 radical (unpaired) electrons. The van der Waals surface area contributed by atoms with Crippen molar-refractivity contribution in [2.24, 2.45) is 0 Å². The molecular formula is C23H26N4O5. The van der Waals surface area contributed by atoms with Gasteiger partial charge in [0.05, 0.1) is 6.54 Å². The average molecular weight is 438 g/mol. The molecule has 0 spiro atoms.